The van der Waals surface area contributed by atoms with Crippen LogP contribution in [-0.2, 0) is 0 Å². The van der Waals surface area contributed by atoms with Gasteiger partial charge in [-0.1, -0.05) is 19.3 Å². The quantitative estimate of drug-likeness (QED) is 0.718. The summed E-state index contributed by atoms with van der Waals surface area (Å²) in [6, 6.07) is 5.59. The standard InChI is InChI=1S/C14H22N2O2/c1-18-13-8-11(15)7-12(9-13)16-14(10-17)5-3-2-4-6-14/h7-9,16-17H,2-6,10,15H2,1H3. The summed E-state index contributed by atoms with van der Waals surface area (Å²) in [5.41, 5.74) is 7.23. The van der Waals surface area contributed by atoms with E-state index in [-0.39, 0.29) is 12.1 Å². The molecule has 100 valence electrons. The third-order valence-corrected chi connectivity index (χ3v) is 3.69. The molecule has 1 aliphatic rings. The molecule has 0 aromatic heterocycles. The molecule has 0 bridgehead atoms. The van der Waals surface area contributed by atoms with E-state index in [0.29, 0.717) is 5.69 Å². The SMILES string of the molecule is COc1cc(N)cc(NC2(CO)CCCCC2)c1. The van der Waals surface area contributed by atoms with Crippen molar-refractivity contribution < 1.29 is 9.84 Å². The van der Waals surface area contributed by atoms with E-state index in [1.165, 1.54) is 6.42 Å². The summed E-state index contributed by atoms with van der Waals surface area (Å²) >= 11 is 0. The maximum absolute atomic E-state index is 9.67. The van der Waals surface area contributed by atoms with Crippen LogP contribution in [0.2, 0.25) is 0 Å². The van der Waals surface area contributed by atoms with Crippen LogP contribution in [0.15, 0.2) is 18.2 Å². The predicted molar refractivity (Wildman–Crippen MR) is 73.9 cm³/mol. The van der Waals surface area contributed by atoms with Crippen molar-refractivity contribution in [2.75, 3.05) is 24.8 Å². The number of aliphatic hydroxyl groups excluding tert-OH is 1. The molecule has 4 nitrogen and oxygen atoms in total. The highest BCUT2D eigenvalue weighted by Crippen LogP contribution is 2.33. The lowest BCUT2D eigenvalue weighted by molar-refractivity contribution is 0.173. The van der Waals surface area contributed by atoms with Crippen LogP contribution in [0.25, 0.3) is 0 Å². The Balaban J connectivity index is 2.18. The van der Waals surface area contributed by atoms with Crippen LogP contribution in [0.4, 0.5) is 11.4 Å². The van der Waals surface area contributed by atoms with Gasteiger partial charge >= 0.3 is 0 Å². The van der Waals surface area contributed by atoms with Gasteiger partial charge < -0.3 is 20.9 Å². The van der Waals surface area contributed by atoms with Gasteiger partial charge in [-0.25, -0.2) is 0 Å². The first kappa shape index (κ1) is 13.0. The first-order chi connectivity index (χ1) is 8.67. The molecular formula is C14H22N2O2. The number of hydrogen-bond donors (Lipinski definition) is 3. The van der Waals surface area contributed by atoms with E-state index in [1.807, 2.05) is 12.1 Å². The smallest absolute Gasteiger partial charge is 0.122 e. The topological polar surface area (TPSA) is 67.5 Å². The monoisotopic (exact) mass is 250 g/mol. The van der Waals surface area contributed by atoms with E-state index < -0.39 is 0 Å². The van der Waals surface area contributed by atoms with Crippen molar-refractivity contribution in [3.8, 4) is 5.75 Å². The highest BCUT2D eigenvalue weighted by molar-refractivity contribution is 5.60. The minimum atomic E-state index is -0.197. The van der Waals surface area contributed by atoms with Gasteiger partial charge in [0.2, 0.25) is 0 Å². The van der Waals surface area contributed by atoms with E-state index in [1.54, 1.807) is 13.2 Å². The Bertz CT molecular complexity index is 401. The highest BCUT2D eigenvalue weighted by atomic mass is 16.5. The molecule has 0 radical (unpaired) electrons. The number of nitrogens with one attached hydrogen (secondary N) is 1. The van der Waals surface area contributed by atoms with Gasteiger partial charge in [0.1, 0.15) is 5.75 Å². The highest BCUT2D eigenvalue weighted by Gasteiger charge is 2.31. The number of aliphatic hydroxyl groups is 1. The average Bonchev–Trinajstić information content (AvgIpc) is 2.39. The van der Waals surface area contributed by atoms with Crippen molar-refractivity contribution >= 4 is 11.4 Å². The molecule has 0 spiro atoms. The van der Waals surface area contributed by atoms with Crippen LogP contribution in [0.5, 0.6) is 5.75 Å². The lowest BCUT2D eigenvalue weighted by Crippen LogP contribution is -2.43. The van der Waals surface area contributed by atoms with Gasteiger partial charge in [-0.05, 0) is 18.9 Å². The zero-order valence-corrected chi connectivity index (χ0v) is 10.9. The number of methoxy groups -OCH3 is 1. The Morgan fingerprint density at radius 2 is 2.00 bits per heavy atom. The summed E-state index contributed by atoms with van der Waals surface area (Å²) in [6.45, 7) is 0.157. The second-order valence-corrected chi connectivity index (χ2v) is 5.12. The second-order valence-electron chi connectivity index (χ2n) is 5.12. The Kier molecular flexibility index (Phi) is 3.97. The fourth-order valence-corrected chi connectivity index (χ4v) is 2.67. The molecule has 0 amide bonds. The van der Waals surface area contributed by atoms with Gasteiger partial charge in [0.15, 0.2) is 0 Å². The van der Waals surface area contributed by atoms with Gasteiger partial charge in [-0.15, -0.1) is 0 Å². The van der Waals surface area contributed by atoms with Gasteiger partial charge in [-0.2, -0.15) is 0 Å². The number of nitrogen functional groups attached to an aromatic ring is 1. The molecule has 1 aromatic rings. The molecule has 18 heavy (non-hydrogen) atoms. The minimum absolute atomic E-state index is 0.157. The van der Waals surface area contributed by atoms with E-state index in [4.69, 9.17) is 10.5 Å². The van der Waals surface area contributed by atoms with Gasteiger partial charge in [0.05, 0.1) is 19.3 Å². The Labute approximate surface area is 108 Å². The number of ether oxygens (including phenoxy) is 1. The molecule has 0 heterocycles. The van der Waals surface area contributed by atoms with Crippen molar-refractivity contribution in [3.05, 3.63) is 18.2 Å². The first-order valence-electron chi connectivity index (χ1n) is 6.51. The largest absolute Gasteiger partial charge is 0.497 e. The first-order valence-corrected chi connectivity index (χ1v) is 6.51. The fraction of sp³-hybridized carbons (Fsp3) is 0.571. The van der Waals surface area contributed by atoms with Crippen molar-refractivity contribution in [3.63, 3.8) is 0 Å². The van der Waals surface area contributed by atoms with Crippen molar-refractivity contribution in [2.45, 2.75) is 37.6 Å². The van der Waals surface area contributed by atoms with Crippen molar-refractivity contribution in [1.82, 2.24) is 0 Å². The molecule has 2 rings (SSSR count). The normalized spacial score (nSPS) is 18.3. The van der Waals surface area contributed by atoms with Crippen LogP contribution in [-0.4, -0.2) is 24.4 Å². The number of nitrogens with two attached hydrogens (primary N) is 1. The maximum Gasteiger partial charge on any atom is 0.122 e. The molecule has 1 fully saturated rings. The number of hydrogen-bond acceptors (Lipinski definition) is 4. The molecule has 0 atom stereocenters. The van der Waals surface area contributed by atoms with Crippen molar-refractivity contribution in [1.29, 1.82) is 0 Å². The molecule has 1 aliphatic carbocycles. The minimum Gasteiger partial charge on any atom is -0.497 e. The molecule has 0 saturated heterocycles. The van der Waals surface area contributed by atoms with E-state index in [0.717, 1.165) is 37.1 Å². The van der Waals surface area contributed by atoms with Gasteiger partial charge in [0.25, 0.3) is 0 Å². The zero-order valence-electron chi connectivity index (χ0n) is 10.9. The van der Waals surface area contributed by atoms with Gasteiger partial charge in [0, 0.05) is 23.5 Å². The summed E-state index contributed by atoms with van der Waals surface area (Å²) in [4.78, 5) is 0. The predicted octanol–water partition coefficient (Wildman–Crippen LogP) is 2.38. The third kappa shape index (κ3) is 2.88. The van der Waals surface area contributed by atoms with Crippen LogP contribution >= 0.6 is 0 Å². The van der Waals surface area contributed by atoms with E-state index in [2.05, 4.69) is 5.32 Å². The maximum atomic E-state index is 9.67. The Morgan fingerprint density at radius 3 is 2.61 bits per heavy atom. The number of rotatable bonds is 4. The molecule has 0 aliphatic heterocycles. The van der Waals surface area contributed by atoms with E-state index in [9.17, 15) is 5.11 Å². The Hall–Kier alpha value is -1.42. The zero-order chi connectivity index (χ0) is 13.0. The van der Waals surface area contributed by atoms with Gasteiger partial charge in [-0.3, -0.25) is 0 Å². The summed E-state index contributed by atoms with van der Waals surface area (Å²) in [5, 5.41) is 13.1. The molecule has 1 saturated carbocycles. The summed E-state index contributed by atoms with van der Waals surface area (Å²) < 4.78 is 5.21. The van der Waals surface area contributed by atoms with E-state index >= 15 is 0 Å². The summed E-state index contributed by atoms with van der Waals surface area (Å²) in [7, 11) is 1.63. The second kappa shape index (κ2) is 5.48. The van der Waals surface area contributed by atoms with Crippen LogP contribution in [0.3, 0.4) is 0 Å². The van der Waals surface area contributed by atoms with Crippen LogP contribution < -0.4 is 15.8 Å². The van der Waals surface area contributed by atoms with Crippen LogP contribution in [0, 0.1) is 0 Å². The number of anilines is 2. The van der Waals surface area contributed by atoms with Crippen molar-refractivity contribution in [2.24, 2.45) is 0 Å². The molecule has 0 unspecified atom stereocenters. The van der Waals surface area contributed by atoms with Crippen LogP contribution in [0.1, 0.15) is 32.1 Å². The lowest BCUT2D eigenvalue weighted by Gasteiger charge is -2.37. The fourth-order valence-electron chi connectivity index (χ4n) is 2.67. The molecule has 1 aromatic carbocycles. The average molecular weight is 250 g/mol. The third-order valence-electron chi connectivity index (χ3n) is 3.69. The molecule has 4 heteroatoms. The summed E-state index contributed by atoms with van der Waals surface area (Å²) in [5.74, 6) is 0.737. The summed E-state index contributed by atoms with van der Waals surface area (Å²) in [6.07, 6.45) is 5.57. The molecule has 4 N–H and O–H groups in total. The number of benzene rings is 1. The lowest BCUT2D eigenvalue weighted by atomic mass is 9.82. The Morgan fingerprint density at radius 1 is 1.28 bits per heavy atom. The molecular weight excluding hydrogens is 228 g/mol.